The largest absolute Gasteiger partial charge is 0.369 e. The SMILES string of the molecule is C[C@@H]1CCCCN1c1ccc(N2C[C@H](C(N)=O)CC2=O)cc1. The Kier molecular flexibility index (Phi) is 4.05. The molecule has 0 spiro atoms. The van der Waals surface area contributed by atoms with E-state index in [0.29, 0.717) is 12.6 Å². The Bertz CT molecular complexity index is 570. The van der Waals surface area contributed by atoms with E-state index in [1.54, 1.807) is 4.90 Å². The molecule has 118 valence electrons. The van der Waals surface area contributed by atoms with Crippen LogP contribution >= 0.6 is 0 Å². The molecule has 0 unspecified atom stereocenters. The van der Waals surface area contributed by atoms with Gasteiger partial charge in [-0.1, -0.05) is 0 Å². The molecule has 2 heterocycles. The second-order valence-electron chi connectivity index (χ2n) is 6.36. The lowest BCUT2D eigenvalue weighted by Gasteiger charge is -2.35. The van der Waals surface area contributed by atoms with E-state index in [2.05, 4.69) is 24.0 Å². The van der Waals surface area contributed by atoms with E-state index in [-0.39, 0.29) is 18.2 Å². The lowest BCUT2D eigenvalue weighted by molar-refractivity contribution is -0.123. The first-order valence-electron chi connectivity index (χ1n) is 8.02. The van der Waals surface area contributed by atoms with Crippen molar-refractivity contribution in [1.29, 1.82) is 0 Å². The molecule has 5 heteroatoms. The Morgan fingerprint density at radius 1 is 1.18 bits per heavy atom. The van der Waals surface area contributed by atoms with Crippen LogP contribution in [0.15, 0.2) is 24.3 Å². The maximum atomic E-state index is 12.0. The van der Waals surface area contributed by atoms with Crippen molar-refractivity contribution in [2.24, 2.45) is 11.7 Å². The van der Waals surface area contributed by atoms with E-state index in [1.807, 2.05) is 12.1 Å². The topological polar surface area (TPSA) is 66.6 Å². The van der Waals surface area contributed by atoms with Gasteiger partial charge in [0.05, 0.1) is 5.92 Å². The van der Waals surface area contributed by atoms with Gasteiger partial charge in [0.1, 0.15) is 0 Å². The van der Waals surface area contributed by atoms with Crippen molar-refractivity contribution < 1.29 is 9.59 Å². The summed E-state index contributed by atoms with van der Waals surface area (Å²) in [5, 5.41) is 0. The molecule has 22 heavy (non-hydrogen) atoms. The van der Waals surface area contributed by atoms with Crippen molar-refractivity contribution in [3.8, 4) is 0 Å². The zero-order chi connectivity index (χ0) is 15.7. The average molecular weight is 301 g/mol. The number of piperidine rings is 1. The Balaban J connectivity index is 1.74. The van der Waals surface area contributed by atoms with Gasteiger partial charge in [-0.3, -0.25) is 9.59 Å². The summed E-state index contributed by atoms with van der Waals surface area (Å²) >= 11 is 0. The highest BCUT2D eigenvalue weighted by molar-refractivity contribution is 6.00. The molecule has 2 fully saturated rings. The van der Waals surface area contributed by atoms with E-state index in [1.165, 1.54) is 24.9 Å². The fourth-order valence-corrected chi connectivity index (χ4v) is 3.45. The first-order valence-corrected chi connectivity index (χ1v) is 8.02. The summed E-state index contributed by atoms with van der Waals surface area (Å²) in [6.07, 6.45) is 3.98. The quantitative estimate of drug-likeness (QED) is 0.927. The van der Waals surface area contributed by atoms with Crippen LogP contribution in [0.4, 0.5) is 11.4 Å². The number of hydrogen-bond acceptors (Lipinski definition) is 3. The fraction of sp³-hybridized carbons (Fsp3) is 0.529. The number of nitrogens with two attached hydrogens (primary N) is 1. The predicted octanol–water partition coefficient (Wildman–Crippen LogP) is 1.90. The van der Waals surface area contributed by atoms with E-state index in [4.69, 9.17) is 5.73 Å². The van der Waals surface area contributed by atoms with Gasteiger partial charge in [-0.25, -0.2) is 0 Å². The van der Waals surface area contributed by atoms with Crippen LogP contribution in [-0.4, -0.2) is 30.9 Å². The van der Waals surface area contributed by atoms with Gasteiger partial charge in [-0.05, 0) is 50.5 Å². The van der Waals surface area contributed by atoms with E-state index in [9.17, 15) is 9.59 Å². The van der Waals surface area contributed by atoms with E-state index < -0.39 is 5.91 Å². The van der Waals surface area contributed by atoms with Crippen molar-refractivity contribution in [3.63, 3.8) is 0 Å². The van der Waals surface area contributed by atoms with Gasteiger partial charge in [0, 0.05) is 36.9 Å². The first kappa shape index (κ1) is 14.9. The van der Waals surface area contributed by atoms with Crippen LogP contribution in [0.1, 0.15) is 32.6 Å². The maximum Gasteiger partial charge on any atom is 0.227 e. The van der Waals surface area contributed by atoms with Crippen LogP contribution in [-0.2, 0) is 9.59 Å². The highest BCUT2D eigenvalue weighted by atomic mass is 16.2. The first-order chi connectivity index (χ1) is 10.6. The lowest BCUT2D eigenvalue weighted by atomic mass is 10.0. The summed E-state index contributed by atoms with van der Waals surface area (Å²) in [6.45, 7) is 3.75. The molecule has 2 aliphatic heterocycles. The third kappa shape index (κ3) is 2.80. The minimum Gasteiger partial charge on any atom is -0.369 e. The number of carbonyl (C=O) groups is 2. The minimum atomic E-state index is -0.394. The molecule has 2 atom stereocenters. The molecule has 5 nitrogen and oxygen atoms in total. The molecule has 2 amide bonds. The van der Waals surface area contributed by atoms with Gasteiger partial charge >= 0.3 is 0 Å². The number of nitrogens with zero attached hydrogens (tertiary/aromatic N) is 2. The Morgan fingerprint density at radius 2 is 1.86 bits per heavy atom. The molecule has 2 N–H and O–H groups in total. The van der Waals surface area contributed by atoms with Crippen LogP contribution in [0.2, 0.25) is 0 Å². The van der Waals surface area contributed by atoms with Gasteiger partial charge in [0.2, 0.25) is 11.8 Å². The number of hydrogen-bond donors (Lipinski definition) is 1. The normalized spacial score (nSPS) is 25.6. The van der Waals surface area contributed by atoms with Crippen LogP contribution in [0.25, 0.3) is 0 Å². The van der Waals surface area contributed by atoms with Crippen molar-refractivity contribution in [2.75, 3.05) is 22.9 Å². The minimum absolute atomic E-state index is 0.0251. The Hall–Kier alpha value is -2.04. The molecule has 0 saturated carbocycles. The van der Waals surface area contributed by atoms with Crippen LogP contribution in [0, 0.1) is 5.92 Å². The molecular formula is C17H23N3O2. The van der Waals surface area contributed by atoms with E-state index >= 15 is 0 Å². The maximum absolute atomic E-state index is 12.0. The van der Waals surface area contributed by atoms with Crippen molar-refractivity contribution in [3.05, 3.63) is 24.3 Å². The highest BCUT2D eigenvalue weighted by Gasteiger charge is 2.33. The van der Waals surface area contributed by atoms with Crippen LogP contribution in [0.3, 0.4) is 0 Å². The summed E-state index contributed by atoms with van der Waals surface area (Å²) in [5.41, 5.74) is 7.36. The average Bonchev–Trinajstić information content (AvgIpc) is 2.90. The summed E-state index contributed by atoms with van der Waals surface area (Å²) in [5.74, 6) is -0.785. The molecule has 0 radical (unpaired) electrons. The third-order valence-electron chi connectivity index (χ3n) is 4.82. The van der Waals surface area contributed by atoms with Gasteiger partial charge in [0.25, 0.3) is 0 Å². The molecule has 1 aromatic rings. The zero-order valence-electron chi connectivity index (χ0n) is 13.0. The van der Waals surface area contributed by atoms with Gasteiger partial charge in [-0.2, -0.15) is 0 Å². The third-order valence-corrected chi connectivity index (χ3v) is 4.82. The van der Waals surface area contributed by atoms with E-state index in [0.717, 1.165) is 12.2 Å². The fourth-order valence-electron chi connectivity index (χ4n) is 3.45. The smallest absolute Gasteiger partial charge is 0.227 e. The van der Waals surface area contributed by atoms with Gasteiger partial charge < -0.3 is 15.5 Å². The monoisotopic (exact) mass is 301 g/mol. The highest BCUT2D eigenvalue weighted by Crippen LogP contribution is 2.29. The molecule has 1 aromatic carbocycles. The Labute approximate surface area is 131 Å². The van der Waals surface area contributed by atoms with Crippen LogP contribution < -0.4 is 15.5 Å². The summed E-state index contributed by atoms with van der Waals surface area (Å²) in [7, 11) is 0. The number of anilines is 2. The van der Waals surface area contributed by atoms with Gasteiger partial charge in [0.15, 0.2) is 0 Å². The zero-order valence-corrected chi connectivity index (χ0v) is 13.0. The molecule has 2 saturated heterocycles. The summed E-state index contributed by atoms with van der Waals surface area (Å²) in [6, 6.07) is 8.65. The number of carbonyl (C=O) groups excluding carboxylic acids is 2. The lowest BCUT2D eigenvalue weighted by Crippen LogP contribution is -2.37. The second kappa shape index (κ2) is 5.99. The van der Waals surface area contributed by atoms with Crippen molar-refractivity contribution in [2.45, 2.75) is 38.6 Å². The molecule has 0 aliphatic carbocycles. The number of benzene rings is 1. The predicted molar refractivity (Wildman–Crippen MR) is 86.8 cm³/mol. The number of rotatable bonds is 3. The molecule has 0 aromatic heterocycles. The summed E-state index contributed by atoms with van der Waals surface area (Å²) < 4.78 is 0. The van der Waals surface area contributed by atoms with Crippen molar-refractivity contribution in [1.82, 2.24) is 0 Å². The standard InChI is InChI=1S/C17H23N3O2/c1-12-4-2-3-9-19(12)14-5-7-15(8-6-14)20-11-13(17(18)22)10-16(20)21/h5-8,12-13H,2-4,9-11H2,1H3,(H2,18,22)/t12-,13-/m1/s1. The molecular weight excluding hydrogens is 278 g/mol. The molecule has 0 bridgehead atoms. The summed E-state index contributed by atoms with van der Waals surface area (Å²) in [4.78, 5) is 27.4. The Morgan fingerprint density at radius 3 is 2.45 bits per heavy atom. The molecule has 2 aliphatic rings. The second-order valence-corrected chi connectivity index (χ2v) is 6.36. The molecule has 3 rings (SSSR count). The van der Waals surface area contributed by atoms with Crippen molar-refractivity contribution >= 4 is 23.2 Å². The van der Waals surface area contributed by atoms with Gasteiger partial charge in [-0.15, -0.1) is 0 Å². The van der Waals surface area contributed by atoms with Crippen LogP contribution in [0.5, 0.6) is 0 Å². The number of primary amides is 1. The number of amides is 2.